The molecular weight excluding hydrogens is 302 g/mol. The van der Waals surface area contributed by atoms with Crippen LogP contribution in [0.2, 0.25) is 0 Å². The van der Waals surface area contributed by atoms with Gasteiger partial charge < -0.3 is 14.5 Å². The Bertz CT molecular complexity index is 703. The van der Waals surface area contributed by atoms with Gasteiger partial charge in [0.15, 0.2) is 0 Å². The average Bonchev–Trinajstić information content (AvgIpc) is 2.61. The summed E-state index contributed by atoms with van der Waals surface area (Å²) in [6, 6.07) is 13.7. The molecule has 0 unspecified atom stereocenters. The fourth-order valence-electron chi connectivity index (χ4n) is 3.06. The van der Waals surface area contributed by atoms with E-state index in [2.05, 4.69) is 4.98 Å². The third-order valence-corrected chi connectivity index (χ3v) is 4.16. The molecular formula is C19H23N3O2. The maximum absolute atomic E-state index is 13.1. The highest BCUT2D eigenvalue weighted by molar-refractivity contribution is 5.99. The van der Waals surface area contributed by atoms with Crippen molar-refractivity contribution in [3.8, 4) is 0 Å². The molecule has 0 saturated carbocycles. The molecule has 0 radical (unpaired) electrons. The summed E-state index contributed by atoms with van der Waals surface area (Å²) in [7, 11) is 3.79. The van der Waals surface area contributed by atoms with E-state index in [0.717, 1.165) is 5.56 Å². The molecule has 5 heteroatoms. The molecule has 1 aliphatic heterocycles. The zero-order chi connectivity index (χ0) is 17.1. The van der Waals surface area contributed by atoms with Crippen LogP contribution < -0.4 is 4.90 Å². The number of carbonyl (C=O) groups is 1. The number of hydrogen-bond donors (Lipinski definition) is 0. The average molecular weight is 325 g/mol. The molecule has 24 heavy (non-hydrogen) atoms. The van der Waals surface area contributed by atoms with Gasteiger partial charge in [-0.2, -0.15) is 0 Å². The zero-order valence-corrected chi connectivity index (χ0v) is 14.3. The predicted octanol–water partition coefficient (Wildman–Crippen LogP) is 2.75. The third-order valence-electron chi connectivity index (χ3n) is 4.16. The van der Waals surface area contributed by atoms with Crippen molar-refractivity contribution in [3.05, 3.63) is 59.8 Å². The molecule has 0 N–H and O–H groups in total. The van der Waals surface area contributed by atoms with Gasteiger partial charge in [0.25, 0.3) is 5.91 Å². The maximum atomic E-state index is 13.1. The minimum Gasteiger partial charge on any atom is -0.367 e. The molecule has 1 fully saturated rings. The number of benzene rings is 1. The van der Waals surface area contributed by atoms with E-state index in [0.29, 0.717) is 24.5 Å². The van der Waals surface area contributed by atoms with E-state index in [-0.39, 0.29) is 18.1 Å². The maximum Gasteiger partial charge on any atom is 0.257 e. The van der Waals surface area contributed by atoms with E-state index in [4.69, 9.17) is 4.74 Å². The van der Waals surface area contributed by atoms with Crippen molar-refractivity contribution < 1.29 is 9.53 Å². The van der Waals surface area contributed by atoms with E-state index in [1.165, 1.54) is 0 Å². The van der Waals surface area contributed by atoms with Crippen molar-refractivity contribution in [3.63, 3.8) is 0 Å². The topological polar surface area (TPSA) is 45.7 Å². The van der Waals surface area contributed by atoms with E-state index in [1.54, 1.807) is 12.3 Å². The monoisotopic (exact) mass is 325 g/mol. The van der Waals surface area contributed by atoms with E-state index >= 15 is 0 Å². The van der Waals surface area contributed by atoms with Crippen LogP contribution in [0.3, 0.4) is 0 Å². The first-order chi connectivity index (χ1) is 11.6. The van der Waals surface area contributed by atoms with Crippen LogP contribution in [0.15, 0.2) is 48.7 Å². The Morgan fingerprint density at radius 2 is 1.92 bits per heavy atom. The zero-order valence-electron chi connectivity index (χ0n) is 14.3. The lowest BCUT2D eigenvalue weighted by Gasteiger charge is -2.37. The smallest absolute Gasteiger partial charge is 0.257 e. The van der Waals surface area contributed by atoms with E-state index in [9.17, 15) is 4.79 Å². The van der Waals surface area contributed by atoms with Crippen LogP contribution in [0.1, 0.15) is 28.9 Å². The number of amides is 1. The summed E-state index contributed by atoms with van der Waals surface area (Å²) in [5, 5.41) is 0. The highest BCUT2D eigenvalue weighted by Gasteiger charge is 2.31. The van der Waals surface area contributed by atoms with E-state index in [1.807, 2.05) is 67.2 Å². The van der Waals surface area contributed by atoms with Crippen molar-refractivity contribution in [2.24, 2.45) is 0 Å². The van der Waals surface area contributed by atoms with Crippen LogP contribution in [0.25, 0.3) is 0 Å². The van der Waals surface area contributed by atoms with Crippen LogP contribution in [0.4, 0.5) is 5.82 Å². The SMILES string of the molecule is C[C@H]1CN(C(=O)c2cccnc2N(C)C)C[C@H](c2ccccc2)O1. The fourth-order valence-corrected chi connectivity index (χ4v) is 3.06. The molecule has 2 heterocycles. The van der Waals surface area contributed by atoms with Crippen molar-refractivity contribution in [1.82, 2.24) is 9.88 Å². The van der Waals surface area contributed by atoms with Gasteiger partial charge in [0.05, 0.1) is 18.2 Å². The van der Waals surface area contributed by atoms with Gasteiger partial charge in [-0.3, -0.25) is 4.79 Å². The number of rotatable bonds is 3. The summed E-state index contributed by atoms with van der Waals surface area (Å²) >= 11 is 0. The molecule has 0 aliphatic carbocycles. The molecule has 2 aromatic rings. The molecule has 1 aliphatic rings. The van der Waals surface area contributed by atoms with E-state index < -0.39 is 0 Å². The standard InChI is InChI=1S/C19H23N3O2/c1-14-12-22(13-17(24-14)15-8-5-4-6-9-15)19(23)16-10-7-11-20-18(16)21(2)3/h4-11,14,17H,12-13H2,1-3H3/t14-,17+/m0/s1. The Morgan fingerprint density at radius 3 is 2.62 bits per heavy atom. The minimum absolute atomic E-state index is 0.00267. The number of pyridine rings is 1. The highest BCUT2D eigenvalue weighted by Crippen LogP contribution is 2.27. The summed E-state index contributed by atoms with van der Waals surface area (Å²) in [6.07, 6.45) is 1.60. The van der Waals surface area contributed by atoms with Gasteiger partial charge in [-0.05, 0) is 24.6 Å². The van der Waals surface area contributed by atoms with Gasteiger partial charge in [-0.15, -0.1) is 0 Å². The highest BCUT2D eigenvalue weighted by atomic mass is 16.5. The number of nitrogens with zero attached hydrogens (tertiary/aromatic N) is 3. The Hall–Kier alpha value is -2.40. The second kappa shape index (κ2) is 7.01. The second-order valence-corrected chi connectivity index (χ2v) is 6.33. The first kappa shape index (κ1) is 16.5. The third kappa shape index (κ3) is 3.41. The predicted molar refractivity (Wildman–Crippen MR) is 94.2 cm³/mol. The first-order valence-corrected chi connectivity index (χ1v) is 8.18. The van der Waals surface area contributed by atoms with Gasteiger partial charge in [-0.1, -0.05) is 30.3 Å². The summed E-state index contributed by atoms with van der Waals surface area (Å²) in [4.78, 5) is 21.1. The molecule has 3 rings (SSSR count). The quantitative estimate of drug-likeness (QED) is 0.870. The Morgan fingerprint density at radius 1 is 1.17 bits per heavy atom. The minimum atomic E-state index is -0.0987. The van der Waals surface area contributed by atoms with Crippen molar-refractivity contribution in [1.29, 1.82) is 0 Å². The number of carbonyl (C=O) groups excluding carboxylic acids is 1. The van der Waals surface area contributed by atoms with Crippen LogP contribution in [-0.4, -0.2) is 49.1 Å². The van der Waals surface area contributed by atoms with Gasteiger partial charge >= 0.3 is 0 Å². The van der Waals surface area contributed by atoms with Crippen LogP contribution in [0, 0.1) is 0 Å². The number of morpholine rings is 1. The number of hydrogen-bond acceptors (Lipinski definition) is 4. The summed E-state index contributed by atoms with van der Waals surface area (Å²) in [5.74, 6) is 0.695. The van der Waals surface area contributed by atoms with Gasteiger partial charge in [-0.25, -0.2) is 4.98 Å². The number of ether oxygens (including phenoxy) is 1. The van der Waals surface area contributed by atoms with Crippen molar-refractivity contribution >= 4 is 11.7 Å². The number of anilines is 1. The fraction of sp³-hybridized carbons (Fsp3) is 0.368. The van der Waals surface area contributed by atoms with Crippen LogP contribution in [-0.2, 0) is 4.74 Å². The van der Waals surface area contributed by atoms with Gasteiger partial charge in [0, 0.05) is 26.8 Å². The Kier molecular flexibility index (Phi) is 4.81. The number of aromatic nitrogens is 1. The normalized spacial score (nSPS) is 20.7. The molecule has 5 nitrogen and oxygen atoms in total. The molecule has 126 valence electrons. The molecule has 2 atom stereocenters. The second-order valence-electron chi connectivity index (χ2n) is 6.33. The van der Waals surface area contributed by atoms with Gasteiger partial charge in [0.1, 0.15) is 11.9 Å². The molecule has 0 spiro atoms. The first-order valence-electron chi connectivity index (χ1n) is 8.18. The molecule has 1 amide bonds. The largest absolute Gasteiger partial charge is 0.367 e. The summed E-state index contributed by atoms with van der Waals surface area (Å²) in [5.41, 5.74) is 1.73. The lowest BCUT2D eigenvalue weighted by atomic mass is 10.1. The summed E-state index contributed by atoms with van der Waals surface area (Å²) in [6.45, 7) is 3.14. The summed E-state index contributed by atoms with van der Waals surface area (Å²) < 4.78 is 6.05. The molecule has 1 saturated heterocycles. The van der Waals surface area contributed by atoms with Crippen molar-refractivity contribution in [2.45, 2.75) is 19.1 Å². The molecule has 0 bridgehead atoms. The molecule has 1 aromatic carbocycles. The van der Waals surface area contributed by atoms with Crippen LogP contribution >= 0.6 is 0 Å². The van der Waals surface area contributed by atoms with Gasteiger partial charge in [0.2, 0.25) is 0 Å². The Labute approximate surface area is 142 Å². The lowest BCUT2D eigenvalue weighted by Crippen LogP contribution is -2.46. The molecule has 1 aromatic heterocycles. The van der Waals surface area contributed by atoms with Crippen LogP contribution in [0.5, 0.6) is 0 Å². The lowest BCUT2D eigenvalue weighted by molar-refractivity contribution is -0.0691. The Balaban J connectivity index is 1.85. The van der Waals surface area contributed by atoms with Crippen molar-refractivity contribution in [2.75, 3.05) is 32.1 Å².